The van der Waals surface area contributed by atoms with Crippen molar-refractivity contribution in [1.29, 1.82) is 0 Å². The van der Waals surface area contributed by atoms with Crippen LogP contribution in [0.25, 0.3) is 0 Å². The fourth-order valence-electron chi connectivity index (χ4n) is 1.92. The molecule has 0 amide bonds. The van der Waals surface area contributed by atoms with Gasteiger partial charge in [0.15, 0.2) is 10.2 Å². The maximum atomic E-state index is 13.2. The molecule has 0 atom stereocenters. The summed E-state index contributed by atoms with van der Waals surface area (Å²) in [6.45, 7) is 2.13. The van der Waals surface area contributed by atoms with E-state index in [0.717, 1.165) is 29.4 Å². The van der Waals surface area contributed by atoms with Gasteiger partial charge in [0.1, 0.15) is 5.82 Å². The second kappa shape index (κ2) is 8.20. The number of anilines is 2. The summed E-state index contributed by atoms with van der Waals surface area (Å²) in [6.07, 6.45) is 2.99. The van der Waals surface area contributed by atoms with E-state index >= 15 is 0 Å². The number of aryl methyl sites for hydroxylation is 1. The van der Waals surface area contributed by atoms with Crippen LogP contribution >= 0.6 is 23.1 Å². The van der Waals surface area contributed by atoms with Crippen LogP contribution in [-0.2, 0) is 12.2 Å². The van der Waals surface area contributed by atoms with Crippen LogP contribution in [0.3, 0.4) is 0 Å². The summed E-state index contributed by atoms with van der Waals surface area (Å²) in [5, 5.41) is 15.7. The van der Waals surface area contributed by atoms with Gasteiger partial charge >= 0.3 is 0 Å². The minimum atomic E-state index is -0.297. The Labute approximate surface area is 146 Å². The highest BCUT2D eigenvalue weighted by atomic mass is 32.2. The van der Waals surface area contributed by atoms with Crippen LogP contribution in [0.2, 0.25) is 0 Å². The van der Waals surface area contributed by atoms with E-state index in [9.17, 15) is 4.39 Å². The highest BCUT2D eigenvalue weighted by Crippen LogP contribution is 2.29. The largest absolute Gasteiger partial charge is 0.338 e. The van der Waals surface area contributed by atoms with Crippen LogP contribution in [-0.4, -0.2) is 20.3 Å². The van der Waals surface area contributed by atoms with Gasteiger partial charge in [-0.15, -0.1) is 10.2 Å². The van der Waals surface area contributed by atoms with Gasteiger partial charge in [-0.2, -0.15) is 4.98 Å². The van der Waals surface area contributed by atoms with Crippen LogP contribution in [0.15, 0.2) is 33.1 Å². The van der Waals surface area contributed by atoms with E-state index in [1.807, 2.05) is 0 Å². The molecule has 9 heteroatoms. The Balaban J connectivity index is 1.53. The molecule has 0 aliphatic carbocycles. The van der Waals surface area contributed by atoms with Crippen molar-refractivity contribution in [2.24, 2.45) is 0 Å². The molecule has 0 saturated heterocycles. The lowest BCUT2D eigenvalue weighted by atomic mass is 10.2. The first-order chi connectivity index (χ1) is 11.7. The van der Waals surface area contributed by atoms with Crippen molar-refractivity contribution in [2.75, 3.05) is 5.32 Å². The molecule has 3 aromatic rings. The number of aromatic nitrogens is 4. The summed E-state index contributed by atoms with van der Waals surface area (Å²) < 4.78 is 19.2. The molecule has 0 bridgehead atoms. The number of halogens is 1. The highest BCUT2D eigenvalue weighted by Gasteiger charge is 2.10. The monoisotopic (exact) mass is 365 g/mol. The third-order valence-electron chi connectivity index (χ3n) is 3.07. The van der Waals surface area contributed by atoms with Gasteiger partial charge in [-0.25, -0.2) is 4.39 Å². The fraction of sp³-hybridized carbons (Fsp3) is 0.333. The Kier molecular flexibility index (Phi) is 5.76. The second-order valence-corrected chi connectivity index (χ2v) is 7.21. The number of hydrogen-bond acceptors (Lipinski definition) is 8. The van der Waals surface area contributed by atoms with E-state index in [-0.39, 0.29) is 5.82 Å². The standard InChI is InChI=1S/C15H16FN5OS2/c1-2-3-7-12-18-13(22-21-12)9-23-15-20-19-14(24-15)17-11-6-4-5-10(16)8-11/h4-6,8H,2-3,7,9H2,1H3,(H,17,19). The van der Waals surface area contributed by atoms with Crippen LogP contribution in [0, 0.1) is 5.82 Å². The third kappa shape index (κ3) is 4.75. The summed E-state index contributed by atoms with van der Waals surface area (Å²) in [5.74, 6) is 1.58. The normalized spacial score (nSPS) is 10.9. The second-order valence-electron chi connectivity index (χ2n) is 5.01. The quantitative estimate of drug-likeness (QED) is 0.591. The van der Waals surface area contributed by atoms with Gasteiger partial charge in [-0.3, -0.25) is 0 Å². The molecule has 0 saturated carbocycles. The van der Waals surface area contributed by atoms with Crippen LogP contribution in [0.5, 0.6) is 0 Å². The van der Waals surface area contributed by atoms with Crippen molar-refractivity contribution >= 4 is 33.9 Å². The third-order valence-corrected chi connectivity index (χ3v) is 5.02. The van der Waals surface area contributed by atoms with E-state index in [2.05, 4.69) is 32.6 Å². The van der Waals surface area contributed by atoms with Crippen molar-refractivity contribution in [3.05, 3.63) is 41.8 Å². The molecule has 1 N–H and O–H groups in total. The molecule has 0 radical (unpaired) electrons. The van der Waals surface area contributed by atoms with Gasteiger partial charge in [0.2, 0.25) is 11.0 Å². The zero-order valence-corrected chi connectivity index (χ0v) is 14.7. The van der Waals surface area contributed by atoms with Crippen molar-refractivity contribution in [3.8, 4) is 0 Å². The summed E-state index contributed by atoms with van der Waals surface area (Å²) in [7, 11) is 0. The molecule has 2 aromatic heterocycles. The molecule has 0 fully saturated rings. The Morgan fingerprint density at radius 1 is 1.33 bits per heavy atom. The van der Waals surface area contributed by atoms with Gasteiger partial charge in [-0.05, 0) is 24.6 Å². The lowest BCUT2D eigenvalue weighted by Gasteiger charge is -2.00. The molecule has 2 heterocycles. The van der Waals surface area contributed by atoms with Crippen molar-refractivity contribution in [2.45, 2.75) is 36.3 Å². The fourth-order valence-corrected chi connectivity index (χ4v) is 3.53. The first-order valence-corrected chi connectivity index (χ1v) is 9.33. The number of thioether (sulfide) groups is 1. The van der Waals surface area contributed by atoms with Gasteiger partial charge in [-0.1, -0.05) is 47.7 Å². The average Bonchev–Trinajstić information content (AvgIpc) is 3.20. The van der Waals surface area contributed by atoms with E-state index in [1.165, 1.54) is 35.2 Å². The van der Waals surface area contributed by atoms with Gasteiger partial charge < -0.3 is 9.84 Å². The average molecular weight is 365 g/mol. The Bertz CT molecular complexity index is 792. The molecule has 1 aromatic carbocycles. The highest BCUT2D eigenvalue weighted by molar-refractivity contribution is 8.00. The Morgan fingerprint density at radius 3 is 3.08 bits per heavy atom. The van der Waals surface area contributed by atoms with Crippen molar-refractivity contribution in [3.63, 3.8) is 0 Å². The number of unbranched alkanes of at least 4 members (excludes halogenated alkanes) is 1. The van der Waals surface area contributed by atoms with E-state index in [0.29, 0.717) is 22.5 Å². The number of hydrogen-bond donors (Lipinski definition) is 1. The first-order valence-electron chi connectivity index (χ1n) is 7.53. The number of nitrogens with one attached hydrogen (secondary N) is 1. The van der Waals surface area contributed by atoms with Crippen molar-refractivity contribution < 1.29 is 8.91 Å². The lowest BCUT2D eigenvalue weighted by molar-refractivity contribution is 0.384. The van der Waals surface area contributed by atoms with Crippen molar-refractivity contribution in [1.82, 2.24) is 20.3 Å². The van der Waals surface area contributed by atoms with Gasteiger partial charge in [0.05, 0.1) is 5.75 Å². The zero-order chi connectivity index (χ0) is 16.8. The molecule has 6 nitrogen and oxygen atoms in total. The molecule has 3 rings (SSSR count). The SMILES string of the molecule is CCCCc1noc(CSc2nnc(Nc3cccc(F)c3)s2)n1. The van der Waals surface area contributed by atoms with E-state index in [4.69, 9.17) is 4.52 Å². The molecule has 24 heavy (non-hydrogen) atoms. The maximum Gasteiger partial charge on any atom is 0.237 e. The Hall–Kier alpha value is -2.00. The minimum absolute atomic E-state index is 0.297. The van der Waals surface area contributed by atoms with Gasteiger partial charge in [0, 0.05) is 12.1 Å². The summed E-state index contributed by atoms with van der Waals surface area (Å²) in [6, 6.07) is 6.21. The van der Waals surface area contributed by atoms with E-state index < -0.39 is 0 Å². The van der Waals surface area contributed by atoms with E-state index in [1.54, 1.807) is 12.1 Å². The predicted octanol–water partition coefficient (Wildman–Crippen LogP) is 4.44. The topological polar surface area (TPSA) is 76.7 Å². The molecular weight excluding hydrogens is 349 g/mol. The smallest absolute Gasteiger partial charge is 0.237 e. The van der Waals surface area contributed by atoms with Crippen LogP contribution < -0.4 is 5.32 Å². The molecule has 0 spiro atoms. The summed E-state index contributed by atoms with van der Waals surface area (Å²) in [5.41, 5.74) is 0.639. The predicted molar refractivity (Wildman–Crippen MR) is 92.1 cm³/mol. The Morgan fingerprint density at radius 2 is 2.25 bits per heavy atom. The number of benzene rings is 1. The zero-order valence-electron chi connectivity index (χ0n) is 13.0. The molecule has 0 aliphatic rings. The first kappa shape index (κ1) is 16.8. The summed E-state index contributed by atoms with van der Waals surface area (Å²) >= 11 is 2.87. The molecular formula is C15H16FN5OS2. The van der Waals surface area contributed by atoms with Crippen LogP contribution in [0.1, 0.15) is 31.5 Å². The number of nitrogens with zero attached hydrogens (tertiary/aromatic N) is 4. The summed E-state index contributed by atoms with van der Waals surface area (Å²) in [4.78, 5) is 4.35. The van der Waals surface area contributed by atoms with Gasteiger partial charge in [0.25, 0.3) is 0 Å². The molecule has 0 unspecified atom stereocenters. The molecule has 0 aliphatic heterocycles. The van der Waals surface area contributed by atoms with Crippen LogP contribution in [0.4, 0.5) is 15.2 Å². The minimum Gasteiger partial charge on any atom is -0.338 e. The molecule has 126 valence electrons. The maximum absolute atomic E-state index is 13.2. The number of rotatable bonds is 8. The lowest BCUT2D eigenvalue weighted by Crippen LogP contribution is -1.89.